The van der Waals surface area contributed by atoms with Crippen molar-refractivity contribution in [3.05, 3.63) is 59.1 Å². The maximum Gasteiger partial charge on any atom is 0.257 e. The van der Waals surface area contributed by atoms with Gasteiger partial charge in [0.25, 0.3) is 5.91 Å². The molecular weight excluding hydrogens is 373 g/mol. The van der Waals surface area contributed by atoms with Gasteiger partial charge in [0, 0.05) is 18.1 Å². The Hall–Kier alpha value is -2.15. The number of aromatic nitrogens is 3. The molecule has 0 radical (unpaired) electrons. The summed E-state index contributed by atoms with van der Waals surface area (Å²) in [4.78, 5) is 12.1. The van der Waals surface area contributed by atoms with E-state index in [1.165, 1.54) is 0 Å². The quantitative estimate of drug-likeness (QED) is 0.399. The van der Waals surface area contributed by atoms with Crippen LogP contribution in [0.4, 0.5) is 0 Å². The van der Waals surface area contributed by atoms with E-state index < -0.39 is 5.38 Å². The van der Waals surface area contributed by atoms with Gasteiger partial charge >= 0.3 is 0 Å². The fourth-order valence-electron chi connectivity index (χ4n) is 3.15. The van der Waals surface area contributed by atoms with Gasteiger partial charge in [-0.3, -0.25) is 9.80 Å². The van der Waals surface area contributed by atoms with E-state index in [1.54, 1.807) is 11.1 Å². The van der Waals surface area contributed by atoms with E-state index in [4.69, 9.17) is 23.2 Å². The molecule has 6 nitrogen and oxygen atoms in total. The van der Waals surface area contributed by atoms with Gasteiger partial charge in [-0.1, -0.05) is 47.1 Å². The number of carbonyl (C=O) groups excluding carboxylic acids is 1. The van der Waals surface area contributed by atoms with Gasteiger partial charge in [-0.2, -0.15) is 0 Å². The number of para-hydroxylation sites is 1. The lowest BCUT2D eigenvalue weighted by molar-refractivity contribution is -0.151. The summed E-state index contributed by atoms with van der Waals surface area (Å²) in [5.41, 5.74) is 5.89. The summed E-state index contributed by atoms with van der Waals surface area (Å²) in [7, 11) is 0. The van der Waals surface area contributed by atoms with Gasteiger partial charge in [0.1, 0.15) is 16.9 Å². The minimum atomic E-state index is -0.596. The highest BCUT2D eigenvalue weighted by Gasteiger charge is 2.47. The largest absolute Gasteiger partial charge is 0.272 e. The van der Waals surface area contributed by atoms with E-state index in [0.717, 1.165) is 23.0 Å². The van der Waals surface area contributed by atoms with Gasteiger partial charge < -0.3 is 0 Å². The van der Waals surface area contributed by atoms with Crippen LogP contribution in [0.3, 0.4) is 0 Å². The van der Waals surface area contributed by atoms with Crippen molar-refractivity contribution in [3.8, 4) is 0 Å². The number of benzene rings is 2. The van der Waals surface area contributed by atoms with Crippen molar-refractivity contribution in [1.82, 2.24) is 25.4 Å². The van der Waals surface area contributed by atoms with Crippen LogP contribution in [0.25, 0.3) is 11.0 Å². The average molecular weight is 390 g/mol. The lowest BCUT2D eigenvalue weighted by Crippen LogP contribution is -2.62. The number of hydrazine groups is 1. The van der Waals surface area contributed by atoms with Crippen molar-refractivity contribution in [1.29, 1.82) is 0 Å². The fraction of sp³-hybridized carbons (Fsp3) is 0.278. The van der Waals surface area contributed by atoms with Gasteiger partial charge in [-0.05, 0) is 30.2 Å². The lowest BCUT2D eigenvalue weighted by Gasteiger charge is -2.44. The maximum absolute atomic E-state index is 12.1. The van der Waals surface area contributed by atoms with E-state index in [9.17, 15) is 4.79 Å². The Morgan fingerprint density at radius 2 is 1.88 bits per heavy atom. The second-order valence-electron chi connectivity index (χ2n) is 6.14. The Labute approximate surface area is 160 Å². The van der Waals surface area contributed by atoms with Crippen molar-refractivity contribution in [2.75, 3.05) is 6.54 Å². The topological polar surface area (TPSA) is 63.1 Å². The molecule has 2 atom stereocenters. The number of halogens is 2. The number of fused-ring (bicyclic) bond motifs is 1. The molecule has 134 valence electrons. The van der Waals surface area contributed by atoms with Crippen LogP contribution in [-0.2, 0) is 11.3 Å². The lowest BCUT2D eigenvalue weighted by atomic mass is 9.95. The van der Waals surface area contributed by atoms with Crippen LogP contribution >= 0.6 is 23.2 Å². The molecule has 0 aliphatic carbocycles. The maximum atomic E-state index is 12.1. The zero-order chi connectivity index (χ0) is 18.1. The highest BCUT2D eigenvalue weighted by atomic mass is 35.5. The number of aryl methyl sites for hydroxylation is 1. The Balaban J connectivity index is 1.36. The molecule has 26 heavy (non-hydrogen) atoms. The first kappa shape index (κ1) is 17.3. The molecule has 1 amide bonds. The molecule has 8 heteroatoms. The van der Waals surface area contributed by atoms with E-state index in [0.29, 0.717) is 18.1 Å². The Morgan fingerprint density at radius 3 is 2.73 bits per heavy atom. The third kappa shape index (κ3) is 3.05. The zero-order valence-electron chi connectivity index (χ0n) is 13.8. The van der Waals surface area contributed by atoms with Gasteiger partial charge in [-0.15, -0.1) is 16.7 Å². The zero-order valence-corrected chi connectivity index (χ0v) is 15.4. The van der Waals surface area contributed by atoms with Gasteiger partial charge in [0.2, 0.25) is 0 Å². The number of nitrogens with one attached hydrogen (secondary N) is 1. The number of hydrogen-bond donors (Lipinski definition) is 1. The first-order chi connectivity index (χ1) is 12.7. The predicted octanol–water partition coefficient (Wildman–Crippen LogP) is 3.17. The molecule has 2 aromatic carbocycles. The summed E-state index contributed by atoms with van der Waals surface area (Å²) in [5, 5.41) is 9.89. The first-order valence-electron chi connectivity index (χ1n) is 8.40. The van der Waals surface area contributed by atoms with Crippen LogP contribution in [0.2, 0.25) is 5.02 Å². The van der Waals surface area contributed by atoms with Crippen LogP contribution in [0.1, 0.15) is 18.0 Å². The van der Waals surface area contributed by atoms with Crippen molar-refractivity contribution >= 4 is 40.1 Å². The summed E-state index contributed by atoms with van der Waals surface area (Å²) < 4.78 is 1.87. The number of carbonyl (C=O) groups is 1. The summed E-state index contributed by atoms with van der Waals surface area (Å²) in [6.45, 7) is 1.32. The molecular formula is C18H17Cl2N5O. The minimum Gasteiger partial charge on any atom is -0.272 e. The molecule has 1 N–H and O–H groups in total. The predicted molar refractivity (Wildman–Crippen MR) is 101 cm³/mol. The number of rotatable bonds is 6. The highest BCUT2D eigenvalue weighted by molar-refractivity contribution is 6.35. The summed E-state index contributed by atoms with van der Waals surface area (Å²) >= 11 is 12.5. The second-order valence-corrected chi connectivity index (χ2v) is 7.02. The van der Waals surface area contributed by atoms with E-state index in [1.807, 2.05) is 47.1 Å². The van der Waals surface area contributed by atoms with Crippen molar-refractivity contribution in [2.24, 2.45) is 0 Å². The van der Waals surface area contributed by atoms with Gasteiger partial charge in [-0.25, -0.2) is 10.1 Å². The number of hydrogen-bond acceptors (Lipinski definition) is 4. The standard InChI is InChI=1S/C18H17Cl2N5O/c19-13-7-2-1-6-12(13)17-16(20)18(26)25(17)21-10-5-11-24-15-9-4-3-8-14(15)22-23-24/h1-4,6-9,16-17,21H,5,10-11H2. The van der Waals surface area contributed by atoms with Crippen molar-refractivity contribution in [3.63, 3.8) is 0 Å². The minimum absolute atomic E-state index is 0.136. The average Bonchev–Trinajstić information content (AvgIpc) is 3.08. The molecule has 1 aliphatic heterocycles. The number of alkyl halides is 1. The molecule has 1 saturated heterocycles. The smallest absolute Gasteiger partial charge is 0.257 e. The van der Waals surface area contributed by atoms with Crippen LogP contribution in [-0.4, -0.2) is 37.8 Å². The molecule has 2 unspecified atom stereocenters. The van der Waals surface area contributed by atoms with Gasteiger partial charge in [0.05, 0.1) is 5.52 Å². The van der Waals surface area contributed by atoms with Crippen LogP contribution < -0.4 is 5.43 Å². The highest BCUT2D eigenvalue weighted by Crippen LogP contribution is 2.39. The molecule has 1 aliphatic rings. The molecule has 3 aromatic rings. The van der Waals surface area contributed by atoms with E-state index in [-0.39, 0.29) is 11.9 Å². The molecule has 2 heterocycles. The van der Waals surface area contributed by atoms with E-state index in [2.05, 4.69) is 15.7 Å². The fourth-order valence-corrected chi connectivity index (χ4v) is 3.75. The Morgan fingerprint density at radius 1 is 1.12 bits per heavy atom. The summed E-state index contributed by atoms with van der Waals surface area (Å²) in [6.07, 6.45) is 0.791. The molecule has 0 saturated carbocycles. The molecule has 4 rings (SSSR count). The first-order valence-corrected chi connectivity index (χ1v) is 9.21. The second kappa shape index (κ2) is 7.23. The summed E-state index contributed by atoms with van der Waals surface area (Å²) in [6, 6.07) is 15.0. The molecule has 1 aromatic heterocycles. The third-order valence-electron chi connectivity index (χ3n) is 4.50. The number of β-lactam (4-membered cyclic amide) rings is 1. The third-order valence-corrected chi connectivity index (χ3v) is 5.27. The molecule has 1 fully saturated rings. The van der Waals surface area contributed by atoms with Gasteiger partial charge in [0.15, 0.2) is 0 Å². The molecule has 0 bridgehead atoms. The van der Waals surface area contributed by atoms with Crippen LogP contribution in [0, 0.1) is 0 Å². The van der Waals surface area contributed by atoms with Crippen molar-refractivity contribution < 1.29 is 4.79 Å². The SMILES string of the molecule is O=C1C(Cl)C(c2ccccc2Cl)N1NCCCn1nnc2ccccc21. The van der Waals surface area contributed by atoms with Crippen LogP contribution in [0.15, 0.2) is 48.5 Å². The molecule has 0 spiro atoms. The summed E-state index contributed by atoms with van der Waals surface area (Å²) in [5.74, 6) is -0.136. The van der Waals surface area contributed by atoms with Crippen molar-refractivity contribution in [2.45, 2.75) is 24.4 Å². The number of nitrogens with zero attached hydrogens (tertiary/aromatic N) is 4. The Bertz CT molecular complexity index is 944. The monoisotopic (exact) mass is 389 g/mol. The number of amides is 1. The Kier molecular flexibility index (Phi) is 4.80. The van der Waals surface area contributed by atoms with E-state index >= 15 is 0 Å². The normalized spacial score (nSPS) is 19.8. The van der Waals surface area contributed by atoms with Crippen LogP contribution in [0.5, 0.6) is 0 Å².